The fraction of sp³-hybridized carbons (Fsp3) is 0.273. The van der Waals surface area contributed by atoms with Crippen molar-refractivity contribution < 1.29 is 9.90 Å². The van der Waals surface area contributed by atoms with Gasteiger partial charge in [0.2, 0.25) is 0 Å². The summed E-state index contributed by atoms with van der Waals surface area (Å²) in [6.07, 6.45) is 3.90. The second-order valence-corrected chi connectivity index (χ2v) is 7.77. The van der Waals surface area contributed by atoms with Gasteiger partial charge in [-0.1, -0.05) is 18.2 Å². The number of rotatable bonds is 5. The van der Waals surface area contributed by atoms with Crippen molar-refractivity contribution in [1.82, 2.24) is 28.6 Å². The van der Waals surface area contributed by atoms with Crippen molar-refractivity contribution in [2.75, 3.05) is 13.1 Å². The van der Waals surface area contributed by atoms with Gasteiger partial charge in [-0.3, -0.25) is 14.0 Å². The molecule has 158 valence electrons. The van der Waals surface area contributed by atoms with Gasteiger partial charge in [0.25, 0.3) is 0 Å². The zero-order valence-corrected chi connectivity index (χ0v) is 17.0. The molecule has 1 saturated heterocycles. The molecule has 1 aliphatic rings. The number of aromatic carboxylic acids is 1. The Bertz CT molecular complexity index is 1320. The zero-order chi connectivity index (χ0) is 21.5. The summed E-state index contributed by atoms with van der Waals surface area (Å²) in [5.74, 6) is -0.304. The number of carboxylic acids is 1. The number of nitrogens with zero attached hydrogens (tertiary/aromatic N) is 6. The lowest BCUT2D eigenvalue weighted by atomic mass is 10.2. The smallest absolute Gasteiger partial charge is 0.354 e. The van der Waals surface area contributed by atoms with Gasteiger partial charge in [0.05, 0.1) is 30.0 Å². The van der Waals surface area contributed by atoms with E-state index in [1.54, 1.807) is 26.9 Å². The highest BCUT2D eigenvalue weighted by molar-refractivity contribution is 5.85. The number of hydrogen-bond acceptors (Lipinski definition) is 5. The van der Waals surface area contributed by atoms with Gasteiger partial charge in [0, 0.05) is 26.3 Å². The van der Waals surface area contributed by atoms with Gasteiger partial charge < -0.3 is 9.67 Å². The molecule has 3 aromatic heterocycles. The first-order valence-electron chi connectivity index (χ1n) is 10.1. The van der Waals surface area contributed by atoms with E-state index in [1.165, 1.54) is 6.20 Å². The van der Waals surface area contributed by atoms with Crippen LogP contribution in [0.15, 0.2) is 59.7 Å². The maximum absolute atomic E-state index is 13.5. The summed E-state index contributed by atoms with van der Waals surface area (Å²) in [6.45, 7) is 1.98. The summed E-state index contributed by atoms with van der Waals surface area (Å²) >= 11 is 0. The minimum absolute atomic E-state index is 0.0194. The molecule has 0 aliphatic carbocycles. The van der Waals surface area contributed by atoms with E-state index in [9.17, 15) is 14.7 Å². The zero-order valence-electron chi connectivity index (χ0n) is 17.0. The summed E-state index contributed by atoms with van der Waals surface area (Å²) in [4.78, 5) is 35.7. The average molecular weight is 418 g/mol. The van der Waals surface area contributed by atoms with Gasteiger partial charge in [-0.05, 0) is 30.7 Å². The molecule has 9 heteroatoms. The molecule has 1 aromatic carbocycles. The fourth-order valence-corrected chi connectivity index (χ4v) is 4.37. The highest BCUT2D eigenvalue weighted by atomic mass is 16.4. The third kappa shape index (κ3) is 3.23. The van der Waals surface area contributed by atoms with Crippen LogP contribution < -0.4 is 5.69 Å². The number of likely N-dealkylation sites (tertiary alicyclic amines) is 1. The van der Waals surface area contributed by atoms with Crippen molar-refractivity contribution in [3.8, 4) is 5.69 Å². The van der Waals surface area contributed by atoms with Gasteiger partial charge >= 0.3 is 11.7 Å². The monoisotopic (exact) mass is 418 g/mol. The summed E-state index contributed by atoms with van der Waals surface area (Å²) in [5.41, 5.74) is 2.34. The molecule has 0 saturated carbocycles. The normalized spacial score (nSPS) is 16.9. The fourth-order valence-electron chi connectivity index (χ4n) is 4.37. The Hall–Kier alpha value is -3.72. The Kier molecular flexibility index (Phi) is 4.67. The largest absolute Gasteiger partial charge is 0.477 e. The van der Waals surface area contributed by atoms with Crippen molar-refractivity contribution in [3.05, 3.63) is 76.9 Å². The van der Waals surface area contributed by atoms with Gasteiger partial charge in [-0.2, -0.15) is 0 Å². The molecule has 9 nitrogen and oxygen atoms in total. The number of hydrogen-bond donors (Lipinski definition) is 1. The molecule has 31 heavy (non-hydrogen) atoms. The van der Waals surface area contributed by atoms with Crippen molar-refractivity contribution in [1.29, 1.82) is 0 Å². The predicted molar refractivity (Wildman–Crippen MR) is 114 cm³/mol. The van der Waals surface area contributed by atoms with E-state index in [0.29, 0.717) is 24.6 Å². The Balaban J connectivity index is 1.47. The summed E-state index contributed by atoms with van der Waals surface area (Å²) < 4.78 is 5.11. The van der Waals surface area contributed by atoms with E-state index >= 15 is 0 Å². The first kappa shape index (κ1) is 19.3. The molecular formula is C22H22N6O3. The Morgan fingerprint density at radius 1 is 1.16 bits per heavy atom. The standard InChI is InChI=1S/C22H22N6O3/c1-25-18(21(29)30)12-24-19(25)14-26-11-9-16(13-26)28-20-17(8-5-10-23-20)27(22(28)31)15-6-3-2-4-7-15/h2-8,10,12,16H,9,11,13-14H2,1H3,(H,29,30). The number of imidazole rings is 2. The predicted octanol–water partition coefficient (Wildman–Crippen LogP) is 2.07. The van der Waals surface area contributed by atoms with E-state index in [4.69, 9.17) is 0 Å². The van der Waals surface area contributed by atoms with Crippen molar-refractivity contribution in [2.24, 2.45) is 7.05 Å². The molecule has 1 atom stereocenters. The van der Waals surface area contributed by atoms with Crippen LogP contribution in [0.5, 0.6) is 0 Å². The Labute approximate surface area is 177 Å². The highest BCUT2D eigenvalue weighted by Gasteiger charge is 2.29. The van der Waals surface area contributed by atoms with E-state index in [0.717, 1.165) is 24.2 Å². The molecule has 0 bridgehead atoms. The van der Waals surface area contributed by atoms with Crippen molar-refractivity contribution in [2.45, 2.75) is 19.0 Å². The van der Waals surface area contributed by atoms with Crippen molar-refractivity contribution >= 4 is 17.1 Å². The van der Waals surface area contributed by atoms with Crippen LogP contribution in [0.25, 0.3) is 16.9 Å². The van der Waals surface area contributed by atoms with Gasteiger partial charge in [-0.25, -0.2) is 19.6 Å². The third-order valence-electron chi connectivity index (χ3n) is 5.93. The second kappa shape index (κ2) is 7.51. The maximum atomic E-state index is 13.5. The molecule has 0 radical (unpaired) electrons. The number of carbonyl (C=O) groups is 1. The molecule has 5 rings (SSSR count). The molecule has 0 spiro atoms. The molecular weight excluding hydrogens is 396 g/mol. The van der Waals surface area contributed by atoms with Crippen LogP contribution in [0.4, 0.5) is 0 Å². The van der Waals surface area contributed by atoms with Crippen LogP contribution in [-0.4, -0.2) is 52.7 Å². The Morgan fingerprint density at radius 3 is 2.71 bits per heavy atom. The first-order chi connectivity index (χ1) is 15.0. The molecule has 4 heterocycles. The van der Waals surface area contributed by atoms with E-state index in [2.05, 4.69) is 14.9 Å². The van der Waals surface area contributed by atoms with Gasteiger partial charge in [-0.15, -0.1) is 0 Å². The number of carboxylic acid groups (broad SMARTS) is 1. The number of aromatic nitrogens is 5. The molecule has 4 aromatic rings. The molecule has 1 aliphatic heterocycles. The molecule has 1 fully saturated rings. The van der Waals surface area contributed by atoms with E-state index in [1.807, 2.05) is 42.5 Å². The van der Waals surface area contributed by atoms with Crippen LogP contribution in [0, 0.1) is 0 Å². The minimum atomic E-state index is -0.994. The van der Waals surface area contributed by atoms with Crippen LogP contribution in [0.1, 0.15) is 28.8 Å². The third-order valence-corrected chi connectivity index (χ3v) is 5.93. The summed E-state index contributed by atoms with van der Waals surface area (Å²) in [7, 11) is 1.71. The molecule has 1 N–H and O–H groups in total. The molecule has 0 amide bonds. The van der Waals surface area contributed by atoms with Crippen LogP contribution in [0.2, 0.25) is 0 Å². The average Bonchev–Trinajstić information content (AvgIpc) is 3.45. The topological polar surface area (TPSA) is 98.2 Å². The number of benzene rings is 1. The highest BCUT2D eigenvalue weighted by Crippen LogP contribution is 2.26. The Morgan fingerprint density at radius 2 is 1.97 bits per heavy atom. The van der Waals surface area contributed by atoms with Crippen LogP contribution in [0.3, 0.4) is 0 Å². The van der Waals surface area contributed by atoms with Gasteiger partial charge in [0.15, 0.2) is 5.65 Å². The lowest BCUT2D eigenvalue weighted by Gasteiger charge is -2.16. The van der Waals surface area contributed by atoms with Gasteiger partial charge in [0.1, 0.15) is 11.5 Å². The summed E-state index contributed by atoms with van der Waals surface area (Å²) in [5, 5.41) is 9.24. The van der Waals surface area contributed by atoms with Crippen LogP contribution in [-0.2, 0) is 13.6 Å². The lowest BCUT2D eigenvalue weighted by Crippen LogP contribution is -2.29. The van der Waals surface area contributed by atoms with Crippen molar-refractivity contribution in [3.63, 3.8) is 0 Å². The number of para-hydroxylation sites is 1. The quantitative estimate of drug-likeness (QED) is 0.533. The number of fused-ring (bicyclic) bond motifs is 1. The summed E-state index contributed by atoms with van der Waals surface area (Å²) in [6, 6.07) is 13.3. The first-order valence-corrected chi connectivity index (χ1v) is 10.1. The van der Waals surface area contributed by atoms with E-state index in [-0.39, 0.29) is 17.4 Å². The minimum Gasteiger partial charge on any atom is -0.477 e. The number of pyridine rings is 1. The SMILES string of the molecule is Cn1c(C(=O)O)cnc1CN1CCC(n2c(=O)n(-c3ccccc3)c3cccnc32)C1. The van der Waals surface area contributed by atoms with Crippen LogP contribution >= 0.6 is 0 Å². The maximum Gasteiger partial charge on any atom is 0.354 e. The molecule has 1 unspecified atom stereocenters. The lowest BCUT2D eigenvalue weighted by molar-refractivity contribution is 0.0686. The second-order valence-electron chi connectivity index (χ2n) is 7.77. The van der Waals surface area contributed by atoms with E-state index < -0.39 is 5.97 Å².